The van der Waals surface area contributed by atoms with Gasteiger partial charge in [-0.1, -0.05) is 42.1 Å². The molecule has 0 aliphatic heterocycles. The zero-order valence-corrected chi connectivity index (χ0v) is 13.6. The van der Waals surface area contributed by atoms with Crippen LogP contribution in [-0.2, 0) is 11.3 Å². The Morgan fingerprint density at radius 1 is 1.36 bits per heavy atom. The smallest absolute Gasteiger partial charge is 0.233 e. The molecule has 6 heteroatoms. The molecule has 1 N–H and O–H groups in total. The van der Waals surface area contributed by atoms with Crippen molar-refractivity contribution in [3.05, 3.63) is 41.7 Å². The van der Waals surface area contributed by atoms with Crippen LogP contribution in [-0.4, -0.2) is 32.0 Å². The average Bonchev–Trinajstić information content (AvgIpc) is 3.27. The average molecular weight is 316 g/mol. The summed E-state index contributed by atoms with van der Waals surface area (Å²) < 4.78 is 2.06. The van der Waals surface area contributed by atoms with Crippen LogP contribution in [0.1, 0.15) is 31.2 Å². The summed E-state index contributed by atoms with van der Waals surface area (Å²) >= 11 is 1.47. The van der Waals surface area contributed by atoms with Crippen LogP contribution < -0.4 is 5.32 Å². The molecule has 1 aliphatic carbocycles. The van der Waals surface area contributed by atoms with Crippen LogP contribution in [0.5, 0.6) is 0 Å². The summed E-state index contributed by atoms with van der Waals surface area (Å²) in [6.45, 7) is 4.58. The largest absolute Gasteiger partial charge is 0.352 e. The van der Waals surface area contributed by atoms with E-state index in [1.807, 2.05) is 32.0 Å². The SMILES string of the molecule is Cc1nnc(S[C@@H](C)C(=O)NC2CC2)n1Cc1ccccc1. The molecule has 1 saturated carbocycles. The van der Waals surface area contributed by atoms with Crippen LogP contribution in [0, 0.1) is 6.92 Å². The number of nitrogens with zero attached hydrogens (tertiary/aromatic N) is 3. The molecule has 22 heavy (non-hydrogen) atoms. The third-order valence-corrected chi connectivity index (χ3v) is 4.74. The van der Waals surface area contributed by atoms with Crippen molar-refractivity contribution in [2.45, 2.75) is 49.7 Å². The van der Waals surface area contributed by atoms with Gasteiger partial charge in [0.15, 0.2) is 5.16 Å². The second kappa shape index (κ2) is 6.52. The zero-order valence-electron chi connectivity index (χ0n) is 12.8. The van der Waals surface area contributed by atoms with Crippen molar-refractivity contribution in [1.29, 1.82) is 0 Å². The molecule has 0 bridgehead atoms. The van der Waals surface area contributed by atoms with Gasteiger partial charge in [0, 0.05) is 6.04 Å². The number of carbonyl (C=O) groups excluding carboxylic acids is 1. The summed E-state index contributed by atoms with van der Waals surface area (Å²) in [4.78, 5) is 12.1. The Morgan fingerprint density at radius 3 is 2.77 bits per heavy atom. The first-order chi connectivity index (χ1) is 10.6. The minimum absolute atomic E-state index is 0.0828. The molecule has 1 aliphatic rings. The number of thioether (sulfide) groups is 1. The molecule has 1 aromatic heterocycles. The Labute approximate surface area is 134 Å². The Kier molecular flexibility index (Phi) is 4.47. The fourth-order valence-corrected chi connectivity index (χ4v) is 3.06. The fourth-order valence-electron chi connectivity index (χ4n) is 2.15. The fraction of sp³-hybridized carbons (Fsp3) is 0.438. The van der Waals surface area contributed by atoms with Gasteiger partial charge < -0.3 is 9.88 Å². The van der Waals surface area contributed by atoms with E-state index in [1.54, 1.807) is 0 Å². The van der Waals surface area contributed by atoms with E-state index in [0.29, 0.717) is 6.04 Å². The Hall–Kier alpha value is -1.82. The quantitative estimate of drug-likeness (QED) is 0.831. The van der Waals surface area contributed by atoms with Crippen molar-refractivity contribution in [1.82, 2.24) is 20.1 Å². The highest BCUT2D eigenvalue weighted by atomic mass is 32.2. The minimum Gasteiger partial charge on any atom is -0.352 e. The summed E-state index contributed by atoms with van der Waals surface area (Å²) in [6.07, 6.45) is 2.21. The molecule has 5 nitrogen and oxygen atoms in total. The number of nitrogens with one attached hydrogen (secondary N) is 1. The number of amides is 1. The third-order valence-electron chi connectivity index (χ3n) is 3.66. The summed E-state index contributed by atoms with van der Waals surface area (Å²) in [6, 6.07) is 10.6. The zero-order chi connectivity index (χ0) is 15.5. The standard InChI is InChI=1S/C16H20N4OS/c1-11(15(21)17-14-8-9-14)22-16-19-18-12(2)20(16)10-13-6-4-3-5-7-13/h3-7,11,14H,8-10H2,1-2H3,(H,17,21)/t11-/m0/s1. The van der Waals surface area contributed by atoms with Crippen LogP contribution in [0.15, 0.2) is 35.5 Å². The van der Waals surface area contributed by atoms with Gasteiger partial charge in [0.1, 0.15) is 5.82 Å². The van der Waals surface area contributed by atoms with E-state index in [4.69, 9.17) is 0 Å². The predicted molar refractivity (Wildman–Crippen MR) is 86.8 cm³/mol. The van der Waals surface area contributed by atoms with E-state index in [2.05, 4.69) is 32.2 Å². The van der Waals surface area contributed by atoms with Gasteiger partial charge in [0.2, 0.25) is 5.91 Å². The molecular formula is C16H20N4OS. The molecular weight excluding hydrogens is 296 g/mol. The van der Waals surface area contributed by atoms with Crippen molar-refractivity contribution in [2.75, 3.05) is 0 Å². The van der Waals surface area contributed by atoms with Crippen LogP contribution in [0.25, 0.3) is 0 Å². The maximum atomic E-state index is 12.1. The van der Waals surface area contributed by atoms with Crippen LogP contribution in [0.3, 0.4) is 0 Å². The third kappa shape index (κ3) is 3.68. The van der Waals surface area contributed by atoms with Crippen molar-refractivity contribution in [3.8, 4) is 0 Å². The number of hydrogen-bond donors (Lipinski definition) is 1. The molecule has 1 atom stereocenters. The summed E-state index contributed by atoms with van der Waals surface area (Å²) in [5.74, 6) is 0.945. The van der Waals surface area contributed by atoms with E-state index in [0.717, 1.165) is 30.4 Å². The van der Waals surface area contributed by atoms with Gasteiger partial charge in [-0.25, -0.2) is 0 Å². The lowest BCUT2D eigenvalue weighted by Gasteiger charge is -2.13. The Bertz CT molecular complexity index is 651. The van der Waals surface area contributed by atoms with Crippen LogP contribution in [0.4, 0.5) is 0 Å². The van der Waals surface area contributed by atoms with Crippen LogP contribution in [0.2, 0.25) is 0 Å². The van der Waals surface area contributed by atoms with E-state index in [1.165, 1.54) is 17.3 Å². The molecule has 1 amide bonds. The van der Waals surface area contributed by atoms with E-state index in [9.17, 15) is 4.79 Å². The molecule has 3 rings (SSSR count). The second-order valence-electron chi connectivity index (χ2n) is 5.64. The van der Waals surface area contributed by atoms with Gasteiger partial charge in [-0.2, -0.15) is 0 Å². The first-order valence-electron chi connectivity index (χ1n) is 7.54. The van der Waals surface area contributed by atoms with Gasteiger partial charge >= 0.3 is 0 Å². The van der Waals surface area contributed by atoms with Crippen molar-refractivity contribution in [3.63, 3.8) is 0 Å². The molecule has 1 heterocycles. The molecule has 0 unspecified atom stereocenters. The lowest BCUT2D eigenvalue weighted by molar-refractivity contribution is -0.120. The topological polar surface area (TPSA) is 59.8 Å². The molecule has 1 fully saturated rings. The first kappa shape index (κ1) is 15.1. The molecule has 0 saturated heterocycles. The van der Waals surface area contributed by atoms with Crippen molar-refractivity contribution < 1.29 is 4.79 Å². The predicted octanol–water partition coefficient (Wildman–Crippen LogP) is 2.39. The van der Waals surface area contributed by atoms with Gasteiger partial charge in [-0.15, -0.1) is 10.2 Å². The number of benzene rings is 1. The molecule has 0 spiro atoms. The summed E-state index contributed by atoms with van der Waals surface area (Å²) in [7, 11) is 0. The Balaban J connectivity index is 1.69. The normalized spacial score (nSPS) is 15.5. The number of hydrogen-bond acceptors (Lipinski definition) is 4. The highest BCUT2D eigenvalue weighted by Gasteiger charge is 2.27. The number of carbonyl (C=O) groups is 1. The maximum absolute atomic E-state index is 12.1. The first-order valence-corrected chi connectivity index (χ1v) is 8.42. The van der Waals surface area contributed by atoms with Crippen molar-refractivity contribution >= 4 is 17.7 Å². The Morgan fingerprint density at radius 2 is 2.09 bits per heavy atom. The lowest BCUT2D eigenvalue weighted by atomic mass is 10.2. The van der Waals surface area contributed by atoms with E-state index >= 15 is 0 Å². The van der Waals surface area contributed by atoms with Crippen molar-refractivity contribution in [2.24, 2.45) is 0 Å². The van der Waals surface area contributed by atoms with E-state index < -0.39 is 0 Å². The number of aryl methyl sites for hydroxylation is 1. The van der Waals surface area contributed by atoms with Gasteiger partial charge in [0.05, 0.1) is 11.8 Å². The summed E-state index contributed by atoms with van der Waals surface area (Å²) in [5, 5.41) is 12.0. The van der Waals surface area contributed by atoms with Gasteiger partial charge in [-0.3, -0.25) is 4.79 Å². The second-order valence-corrected chi connectivity index (χ2v) is 6.95. The minimum atomic E-state index is -0.168. The highest BCUT2D eigenvalue weighted by molar-refractivity contribution is 8.00. The number of aromatic nitrogens is 3. The van der Waals surface area contributed by atoms with Gasteiger partial charge in [-0.05, 0) is 32.3 Å². The van der Waals surface area contributed by atoms with Gasteiger partial charge in [0.25, 0.3) is 0 Å². The highest BCUT2D eigenvalue weighted by Crippen LogP contribution is 2.25. The summed E-state index contributed by atoms with van der Waals surface area (Å²) in [5.41, 5.74) is 1.20. The molecule has 2 aromatic rings. The molecule has 116 valence electrons. The lowest BCUT2D eigenvalue weighted by Crippen LogP contribution is -2.32. The van der Waals surface area contributed by atoms with E-state index in [-0.39, 0.29) is 11.2 Å². The maximum Gasteiger partial charge on any atom is 0.233 e. The monoisotopic (exact) mass is 316 g/mol. The molecule has 1 aromatic carbocycles. The molecule has 0 radical (unpaired) electrons. The number of rotatable bonds is 6. The van der Waals surface area contributed by atoms with Crippen LogP contribution >= 0.6 is 11.8 Å².